The zero-order valence-electron chi connectivity index (χ0n) is 8.89. The first kappa shape index (κ1) is 11.8. The molecule has 0 aliphatic rings. The molecule has 0 aliphatic carbocycles. The van der Waals surface area contributed by atoms with Crippen LogP contribution in [0.15, 0.2) is 12.1 Å². The fraction of sp³-hybridized carbons (Fsp3) is 0.455. The Morgan fingerprint density at radius 1 is 1.40 bits per heavy atom. The van der Waals surface area contributed by atoms with Crippen LogP contribution in [0.2, 0.25) is 0 Å². The number of benzene rings is 1. The number of halogens is 2. The van der Waals surface area contributed by atoms with Crippen LogP contribution in [0.4, 0.5) is 14.5 Å². The molecule has 84 valence electrons. The third-order valence-corrected chi connectivity index (χ3v) is 2.09. The zero-order chi connectivity index (χ0) is 11.4. The highest BCUT2D eigenvalue weighted by atomic mass is 19.2. The Hall–Kier alpha value is -1.32. The van der Waals surface area contributed by atoms with E-state index in [0.717, 1.165) is 18.9 Å². The Balaban J connectivity index is 2.88. The molecule has 2 N–H and O–H groups in total. The molecule has 0 heterocycles. The maximum absolute atomic E-state index is 13.3. The summed E-state index contributed by atoms with van der Waals surface area (Å²) in [5, 5.41) is 0. The highest BCUT2D eigenvalue weighted by molar-refractivity contribution is 5.53. The van der Waals surface area contributed by atoms with Crippen LogP contribution in [0.25, 0.3) is 0 Å². The third-order valence-electron chi connectivity index (χ3n) is 2.09. The minimum atomic E-state index is -1.02. The first-order valence-electron chi connectivity index (χ1n) is 4.96. The van der Waals surface area contributed by atoms with E-state index in [2.05, 4.69) is 0 Å². The average molecular weight is 215 g/mol. The summed E-state index contributed by atoms with van der Waals surface area (Å²) in [7, 11) is 0. The van der Waals surface area contributed by atoms with E-state index in [4.69, 9.17) is 10.5 Å². The molecule has 1 aromatic carbocycles. The molecule has 0 aliphatic heterocycles. The number of anilines is 1. The topological polar surface area (TPSA) is 35.2 Å². The van der Waals surface area contributed by atoms with E-state index in [9.17, 15) is 8.78 Å². The Morgan fingerprint density at radius 2 is 2.07 bits per heavy atom. The first-order valence-corrected chi connectivity index (χ1v) is 4.96. The van der Waals surface area contributed by atoms with Gasteiger partial charge in [-0.3, -0.25) is 0 Å². The fourth-order valence-corrected chi connectivity index (χ4v) is 1.33. The molecule has 1 rings (SSSR count). The Morgan fingerprint density at radius 3 is 2.67 bits per heavy atom. The van der Waals surface area contributed by atoms with Crippen molar-refractivity contribution in [3.8, 4) is 5.75 Å². The molecule has 0 radical (unpaired) electrons. The van der Waals surface area contributed by atoms with Crippen molar-refractivity contribution >= 4 is 5.69 Å². The van der Waals surface area contributed by atoms with E-state index >= 15 is 0 Å². The molecule has 0 saturated heterocycles. The van der Waals surface area contributed by atoms with E-state index in [-0.39, 0.29) is 17.5 Å². The summed E-state index contributed by atoms with van der Waals surface area (Å²) in [6, 6.07) is 2.29. The molecule has 0 amide bonds. The lowest BCUT2D eigenvalue weighted by atomic mass is 10.2. The van der Waals surface area contributed by atoms with Gasteiger partial charge < -0.3 is 10.5 Å². The second kappa shape index (κ2) is 4.96. The quantitative estimate of drug-likeness (QED) is 0.783. The van der Waals surface area contributed by atoms with Gasteiger partial charge in [-0.25, -0.2) is 4.39 Å². The van der Waals surface area contributed by atoms with Gasteiger partial charge in [-0.05, 0) is 25.5 Å². The molecule has 1 atom stereocenters. The van der Waals surface area contributed by atoms with Gasteiger partial charge in [0.15, 0.2) is 11.6 Å². The lowest BCUT2D eigenvalue weighted by molar-refractivity contribution is 0.200. The van der Waals surface area contributed by atoms with Crippen LogP contribution >= 0.6 is 0 Å². The average Bonchev–Trinajstić information content (AvgIpc) is 2.19. The second-order valence-corrected chi connectivity index (χ2v) is 3.50. The monoisotopic (exact) mass is 215 g/mol. The number of nitrogens with two attached hydrogens (primary N) is 1. The van der Waals surface area contributed by atoms with E-state index in [0.29, 0.717) is 0 Å². The highest BCUT2D eigenvalue weighted by Crippen LogP contribution is 2.28. The summed E-state index contributed by atoms with van der Waals surface area (Å²) in [5.74, 6) is -2.14. The number of hydrogen-bond acceptors (Lipinski definition) is 2. The lowest BCUT2D eigenvalue weighted by Crippen LogP contribution is -2.13. The van der Waals surface area contributed by atoms with Crippen molar-refractivity contribution in [1.82, 2.24) is 0 Å². The molecular weight excluding hydrogens is 200 g/mol. The van der Waals surface area contributed by atoms with Crippen molar-refractivity contribution in [1.29, 1.82) is 0 Å². The SMILES string of the molecule is CCCC(C)Oc1c(N)ccc(F)c1F. The van der Waals surface area contributed by atoms with Gasteiger partial charge in [-0.15, -0.1) is 0 Å². The summed E-state index contributed by atoms with van der Waals surface area (Å²) in [5.41, 5.74) is 5.63. The van der Waals surface area contributed by atoms with Crippen LogP contribution in [0.1, 0.15) is 26.7 Å². The summed E-state index contributed by atoms with van der Waals surface area (Å²) in [6.45, 7) is 3.79. The molecule has 0 saturated carbocycles. The van der Waals surface area contributed by atoms with Gasteiger partial charge in [0, 0.05) is 0 Å². The number of nitrogen functional groups attached to an aromatic ring is 1. The molecule has 0 fully saturated rings. The van der Waals surface area contributed by atoms with Gasteiger partial charge in [0.25, 0.3) is 0 Å². The number of hydrogen-bond donors (Lipinski definition) is 1. The Bertz CT molecular complexity index is 342. The van der Waals surface area contributed by atoms with E-state index in [1.54, 1.807) is 6.92 Å². The van der Waals surface area contributed by atoms with Gasteiger partial charge >= 0.3 is 0 Å². The highest BCUT2D eigenvalue weighted by Gasteiger charge is 2.15. The standard InChI is InChI=1S/C11H15F2NO/c1-3-4-7(2)15-11-9(14)6-5-8(12)10(11)13/h5-7H,3-4,14H2,1-2H3. The zero-order valence-corrected chi connectivity index (χ0v) is 8.89. The summed E-state index contributed by atoms with van der Waals surface area (Å²) < 4.78 is 31.4. The van der Waals surface area contributed by atoms with Crippen LogP contribution in [0, 0.1) is 11.6 Å². The third kappa shape index (κ3) is 2.81. The van der Waals surface area contributed by atoms with Crippen molar-refractivity contribution in [3.05, 3.63) is 23.8 Å². The minimum absolute atomic E-state index is 0.122. The predicted octanol–water partition coefficient (Wildman–Crippen LogP) is 3.11. The van der Waals surface area contributed by atoms with E-state index < -0.39 is 11.6 Å². The molecule has 0 bridgehead atoms. The first-order chi connectivity index (χ1) is 7.06. The summed E-state index contributed by atoms with van der Waals surface area (Å²) in [6.07, 6.45) is 1.52. The number of rotatable bonds is 4. The lowest BCUT2D eigenvalue weighted by Gasteiger charge is -2.16. The Kier molecular flexibility index (Phi) is 3.88. The van der Waals surface area contributed by atoms with Crippen molar-refractivity contribution < 1.29 is 13.5 Å². The second-order valence-electron chi connectivity index (χ2n) is 3.50. The van der Waals surface area contributed by atoms with Crippen LogP contribution in [0.5, 0.6) is 5.75 Å². The molecule has 0 spiro atoms. The summed E-state index contributed by atoms with van der Waals surface area (Å²) >= 11 is 0. The molecular formula is C11H15F2NO. The van der Waals surface area contributed by atoms with Gasteiger partial charge in [0.2, 0.25) is 5.82 Å². The van der Waals surface area contributed by atoms with Crippen LogP contribution in [-0.4, -0.2) is 6.10 Å². The van der Waals surface area contributed by atoms with Gasteiger partial charge in [-0.1, -0.05) is 13.3 Å². The van der Waals surface area contributed by atoms with Crippen LogP contribution < -0.4 is 10.5 Å². The molecule has 1 unspecified atom stereocenters. The molecule has 1 aromatic rings. The molecule has 2 nitrogen and oxygen atoms in total. The van der Waals surface area contributed by atoms with Crippen molar-refractivity contribution in [2.24, 2.45) is 0 Å². The maximum atomic E-state index is 13.3. The van der Waals surface area contributed by atoms with Gasteiger partial charge in [0.1, 0.15) is 0 Å². The Labute approximate surface area is 88.0 Å². The summed E-state index contributed by atoms with van der Waals surface area (Å²) in [4.78, 5) is 0. The van der Waals surface area contributed by atoms with Gasteiger partial charge in [0.05, 0.1) is 11.8 Å². The van der Waals surface area contributed by atoms with Gasteiger partial charge in [-0.2, -0.15) is 4.39 Å². The molecule has 4 heteroatoms. The van der Waals surface area contributed by atoms with Crippen molar-refractivity contribution in [2.45, 2.75) is 32.8 Å². The normalized spacial score (nSPS) is 12.5. The number of ether oxygens (including phenoxy) is 1. The van der Waals surface area contributed by atoms with Crippen molar-refractivity contribution in [3.63, 3.8) is 0 Å². The fourth-order valence-electron chi connectivity index (χ4n) is 1.33. The maximum Gasteiger partial charge on any atom is 0.202 e. The largest absolute Gasteiger partial charge is 0.485 e. The van der Waals surface area contributed by atoms with E-state index in [1.807, 2.05) is 6.92 Å². The van der Waals surface area contributed by atoms with Crippen molar-refractivity contribution in [2.75, 3.05) is 5.73 Å². The molecule has 15 heavy (non-hydrogen) atoms. The van der Waals surface area contributed by atoms with Crippen LogP contribution in [0.3, 0.4) is 0 Å². The molecule has 0 aromatic heterocycles. The predicted molar refractivity (Wildman–Crippen MR) is 55.8 cm³/mol. The smallest absolute Gasteiger partial charge is 0.202 e. The van der Waals surface area contributed by atoms with E-state index in [1.165, 1.54) is 6.07 Å². The minimum Gasteiger partial charge on any atom is -0.485 e. The van der Waals surface area contributed by atoms with Crippen LogP contribution in [-0.2, 0) is 0 Å².